The largest absolute Gasteiger partial charge is 0.376 e. The number of benzene rings is 1. The van der Waals surface area contributed by atoms with Crippen LogP contribution in [0.25, 0.3) is 0 Å². The van der Waals surface area contributed by atoms with Gasteiger partial charge in [-0.15, -0.1) is 0 Å². The summed E-state index contributed by atoms with van der Waals surface area (Å²) in [5.41, 5.74) is 0.954. The molecule has 3 N–H and O–H groups in total. The normalized spacial score (nSPS) is 29.6. The molecule has 0 aromatic heterocycles. The second-order valence-corrected chi connectivity index (χ2v) is 9.98. The molecule has 192 valence electrons. The van der Waals surface area contributed by atoms with E-state index in [-0.39, 0.29) is 54.0 Å². The van der Waals surface area contributed by atoms with Crippen LogP contribution >= 0.6 is 0 Å². The summed E-state index contributed by atoms with van der Waals surface area (Å²) in [4.78, 5) is 35.7. The van der Waals surface area contributed by atoms with Crippen LogP contribution in [-0.2, 0) is 27.3 Å². The second kappa shape index (κ2) is 11.7. The number of ether oxygens (including phenoxy) is 1. The predicted molar refractivity (Wildman–Crippen MR) is 126 cm³/mol. The highest BCUT2D eigenvalue weighted by molar-refractivity contribution is 6.00. The Bertz CT molecular complexity index is 949. The highest BCUT2D eigenvalue weighted by Gasteiger charge is 2.32. The molecule has 0 radical (unpaired) electrons. The summed E-state index contributed by atoms with van der Waals surface area (Å²) < 4.78 is 35.3. The number of amides is 2. The lowest BCUT2D eigenvalue weighted by atomic mass is 9.89. The molecule has 1 aliphatic carbocycles. The van der Waals surface area contributed by atoms with Gasteiger partial charge < -0.3 is 15.4 Å². The zero-order valence-electron chi connectivity index (χ0n) is 20.2. The van der Waals surface area contributed by atoms with Crippen LogP contribution in [0.2, 0.25) is 0 Å². The Morgan fingerprint density at radius 3 is 2.63 bits per heavy atom. The number of imide groups is 1. The highest BCUT2D eigenvalue weighted by atomic mass is 19.1. The number of ketones is 1. The zero-order chi connectivity index (χ0) is 24.9. The van der Waals surface area contributed by atoms with Crippen LogP contribution in [0.3, 0.4) is 0 Å². The lowest BCUT2D eigenvalue weighted by Crippen LogP contribution is -2.51. The first-order valence-corrected chi connectivity index (χ1v) is 12.7. The highest BCUT2D eigenvalue weighted by Crippen LogP contribution is 2.27. The van der Waals surface area contributed by atoms with E-state index >= 15 is 4.39 Å². The third kappa shape index (κ3) is 6.51. The van der Waals surface area contributed by atoms with Gasteiger partial charge in [-0.25, -0.2) is 8.78 Å². The SMILES string of the molecule is CC(=O)c1ccc(C[C@H]2OCCC[C@@H]2N[C@H]2CC[C@H](F)CC2)c(F)c1CN[C@H]1CCC(=O)NC1=O. The molecule has 9 heteroatoms. The van der Waals surface area contributed by atoms with Gasteiger partial charge in [-0.05, 0) is 57.4 Å². The number of piperidine rings is 1. The van der Waals surface area contributed by atoms with Gasteiger partial charge in [0.1, 0.15) is 12.0 Å². The van der Waals surface area contributed by atoms with Crippen molar-refractivity contribution < 1.29 is 27.9 Å². The van der Waals surface area contributed by atoms with Crippen molar-refractivity contribution in [3.63, 3.8) is 0 Å². The number of hydrogen-bond acceptors (Lipinski definition) is 6. The lowest BCUT2D eigenvalue weighted by Gasteiger charge is -2.37. The van der Waals surface area contributed by atoms with E-state index in [1.165, 1.54) is 6.92 Å². The van der Waals surface area contributed by atoms with Crippen molar-refractivity contribution in [3.05, 3.63) is 34.6 Å². The van der Waals surface area contributed by atoms with E-state index in [1.807, 2.05) is 0 Å². The van der Waals surface area contributed by atoms with Crippen molar-refractivity contribution in [2.45, 2.75) is 102 Å². The minimum atomic E-state index is -0.715. The molecular formula is C26H35F2N3O4. The number of Topliss-reactive ketones (excluding diaryl/α,β-unsaturated/α-hetero) is 1. The summed E-state index contributed by atoms with van der Waals surface area (Å²) >= 11 is 0. The van der Waals surface area contributed by atoms with Crippen LogP contribution in [0.4, 0.5) is 8.78 Å². The minimum absolute atomic E-state index is 0.000533. The zero-order valence-corrected chi connectivity index (χ0v) is 20.2. The summed E-state index contributed by atoms with van der Waals surface area (Å²) in [6, 6.07) is 2.96. The van der Waals surface area contributed by atoms with Crippen LogP contribution in [0.15, 0.2) is 12.1 Å². The molecule has 1 aromatic carbocycles. The van der Waals surface area contributed by atoms with Crippen LogP contribution in [-0.4, -0.2) is 54.6 Å². The molecule has 0 bridgehead atoms. The molecule has 3 fully saturated rings. The summed E-state index contributed by atoms with van der Waals surface area (Å²) in [6.45, 7) is 2.00. The van der Waals surface area contributed by atoms with Gasteiger partial charge in [-0.3, -0.25) is 19.7 Å². The van der Waals surface area contributed by atoms with Gasteiger partial charge in [0.2, 0.25) is 11.8 Å². The predicted octanol–water partition coefficient (Wildman–Crippen LogP) is 2.88. The number of rotatable bonds is 8. The van der Waals surface area contributed by atoms with Gasteiger partial charge in [0.05, 0.1) is 12.1 Å². The first-order valence-electron chi connectivity index (χ1n) is 12.7. The number of carbonyl (C=O) groups is 3. The first kappa shape index (κ1) is 25.9. The molecule has 2 amide bonds. The molecule has 7 nitrogen and oxygen atoms in total. The van der Waals surface area contributed by atoms with Gasteiger partial charge >= 0.3 is 0 Å². The van der Waals surface area contributed by atoms with Crippen molar-refractivity contribution >= 4 is 17.6 Å². The monoisotopic (exact) mass is 491 g/mol. The Morgan fingerprint density at radius 1 is 1.14 bits per heavy atom. The number of nitrogens with one attached hydrogen (secondary N) is 3. The molecule has 35 heavy (non-hydrogen) atoms. The number of halogens is 2. The summed E-state index contributed by atoms with van der Waals surface area (Å²) in [7, 11) is 0. The number of carbonyl (C=O) groups excluding carboxylic acids is 3. The van der Waals surface area contributed by atoms with Crippen molar-refractivity contribution in [1.29, 1.82) is 0 Å². The van der Waals surface area contributed by atoms with Crippen LogP contribution in [0.1, 0.15) is 79.8 Å². The van der Waals surface area contributed by atoms with E-state index in [2.05, 4.69) is 16.0 Å². The Kier molecular flexibility index (Phi) is 8.62. The minimum Gasteiger partial charge on any atom is -0.376 e. The van der Waals surface area contributed by atoms with E-state index in [0.29, 0.717) is 37.9 Å². The van der Waals surface area contributed by atoms with Gasteiger partial charge in [-0.2, -0.15) is 0 Å². The molecule has 2 saturated heterocycles. The van der Waals surface area contributed by atoms with Gasteiger partial charge in [0.15, 0.2) is 5.78 Å². The second-order valence-electron chi connectivity index (χ2n) is 9.98. The van der Waals surface area contributed by atoms with Crippen LogP contribution in [0, 0.1) is 5.82 Å². The standard InChI is InChI=1S/C26H35F2N3O4/c1-15(32)19-9-4-16(25(28)20(19)14-29-22-10-11-24(33)31-26(22)34)13-23-21(3-2-12-35-23)30-18-7-5-17(27)6-8-18/h4,9,17-18,21-23,29-30H,2-3,5-8,10-14H2,1H3,(H,31,33,34)/t17-,18-,21-,22-,23+/m0/s1. The molecule has 1 aromatic rings. The molecule has 4 rings (SSSR count). The summed E-state index contributed by atoms with van der Waals surface area (Å²) in [5.74, 6) is -1.48. The molecule has 0 spiro atoms. The van der Waals surface area contributed by atoms with Gasteiger partial charge in [0, 0.05) is 49.2 Å². The first-order chi connectivity index (χ1) is 16.8. The third-order valence-electron chi connectivity index (χ3n) is 7.43. The summed E-state index contributed by atoms with van der Waals surface area (Å²) in [6.07, 6.45) is 4.52. The average molecular weight is 492 g/mol. The average Bonchev–Trinajstić information content (AvgIpc) is 2.83. The molecule has 3 aliphatic rings. The van der Waals surface area contributed by atoms with Crippen LogP contribution < -0.4 is 16.0 Å². The lowest BCUT2D eigenvalue weighted by molar-refractivity contribution is -0.134. The Hall–Kier alpha value is -2.23. The number of alkyl halides is 1. The Labute approximate surface area is 204 Å². The molecule has 3 atom stereocenters. The van der Waals surface area contributed by atoms with E-state index in [9.17, 15) is 18.8 Å². The maximum absolute atomic E-state index is 15.7. The van der Waals surface area contributed by atoms with Crippen molar-refractivity contribution in [3.8, 4) is 0 Å². The topological polar surface area (TPSA) is 96.5 Å². The summed E-state index contributed by atoms with van der Waals surface area (Å²) in [5, 5.41) is 8.93. The molecule has 2 aliphatic heterocycles. The van der Waals surface area contributed by atoms with Gasteiger partial charge in [-0.1, -0.05) is 12.1 Å². The Balaban J connectivity index is 1.47. The molecular weight excluding hydrogens is 456 g/mol. The maximum Gasteiger partial charge on any atom is 0.243 e. The van der Waals surface area contributed by atoms with Crippen molar-refractivity contribution in [2.24, 2.45) is 0 Å². The Morgan fingerprint density at radius 2 is 1.91 bits per heavy atom. The van der Waals surface area contributed by atoms with Crippen LogP contribution in [0.5, 0.6) is 0 Å². The molecule has 2 heterocycles. The fourth-order valence-corrected chi connectivity index (χ4v) is 5.41. The quantitative estimate of drug-likeness (QED) is 0.382. The van der Waals surface area contributed by atoms with E-state index in [4.69, 9.17) is 4.74 Å². The van der Waals surface area contributed by atoms with Crippen molar-refractivity contribution in [1.82, 2.24) is 16.0 Å². The maximum atomic E-state index is 15.7. The van der Waals surface area contributed by atoms with E-state index in [0.717, 1.165) is 25.7 Å². The van der Waals surface area contributed by atoms with E-state index in [1.54, 1.807) is 12.1 Å². The molecule has 0 unspecified atom stereocenters. The molecule has 1 saturated carbocycles. The smallest absolute Gasteiger partial charge is 0.243 e. The fraction of sp³-hybridized carbons (Fsp3) is 0.654. The third-order valence-corrected chi connectivity index (χ3v) is 7.43. The van der Waals surface area contributed by atoms with Crippen molar-refractivity contribution in [2.75, 3.05) is 6.61 Å². The fourth-order valence-electron chi connectivity index (χ4n) is 5.41. The van der Waals surface area contributed by atoms with Gasteiger partial charge in [0.25, 0.3) is 0 Å². The van der Waals surface area contributed by atoms with E-state index < -0.39 is 23.9 Å². The number of hydrogen-bond donors (Lipinski definition) is 3.